The van der Waals surface area contributed by atoms with E-state index >= 15 is 0 Å². The number of halogens is 1. The number of rotatable bonds is 3. The predicted octanol–water partition coefficient (Wildman–Crippen LogP) is 1.67. The number of hydrogen-bond acceptors (Lipinski definition) is 5. The minimum absolute atomic E-state index is 0.0789. The van der Waals surface area contributed by atoms with Gasteiger partial charge in [-0.15, -0.1) is 0 Å². The first-order valence-electron chi connectivity index (χ1n) is 8.51. The summed E-state index contributed by atoms with van der Waals surface area (Å²) in [6.45, 7) is 1.58. The third-order valence-electron chi connectivity index (χ3n) is 4.65. The van der Waals surface area contributed by atoms with E-state index in [-0.39, 0.29) is 23.2 Å². The Labute approximate surface area is 156 Å². The average molecular weight is 391 g/mol. The number of carbonyl (C=O) groups is 1. The second-order valence-corrected chi connectivity index (χ2v) is 8.30. The van der Waals surface area contributed by atoms with Crippen LogP contribution in [0.15, 0.2) is 47.4 Å². The lowest BCUT2D eigenvalue weighted by molar-refractivity contribution is -0.118. The largest absolute Gasteiger partial charge is 0.482 e. The molecule has 2 aromatic rings. The summed E-state index contributed by atoms with van der Waals surface area (Å²) in [5, 5.41) is 2.62. The van der Waals surface area contributed by atoms with Crippen LogP contribution < -0.4 is 15.0 Å². The molecular formula is C18H18FN3O4S. The molecule has 0 radical (unpaired) electrons. The number of nitrogens with zero attached hydrogens (tertiary/aromatic N) is 2. The Bertz CT molecular complexity index is 971. The number of carbonyl (C=O) groups excluding carboxylic acids is 1. The second-order valence-electron chi connectivity index (χ2n) is 6.36. The van der Waals surface area contributed by atoms with Crippen molar-refractivity contribution in [2.45, 2.75) is 4.90 Å². The Morgan fingerprint density at radius 3 is 2.41 bits per heavy atom. The Balaban J connectivity index is 1.49. The highest BCUT2D eigenvalue weighted by molar-refractivity contribution is 7.89. The van der Waals surface area contributed by atoms with Crippen LogP contribution in [0.5, 0.6) is 5.75 Å². The van der Waals surface area contributed by atoms with Crippen LogP contribution in [0.25, 0.3) is 0 Å². The predicted molar refractivity (Wildman–Crippen MR) is 97.9 cm³/mol. The third kappa shape index (κ3) is 3.47. The zero-order chi connectivity index (χ0) is 19.0. The molecular weight excluding hydrogens is 373 g/mol. The number of anilines is 2. The normalized spacial score (nSPS) is 17.8. The minimum atomic E-state index is -3.69. The van der Waals surface area contributed by atoms with Gasteiger partial charge in [-0.05, 0) is 42.5 Å². The number of piperazine rings is 1. The van der Waals surface area contributed by atoms with Gasteiger partial charge in [-0.3, -0.25) is 4.79 Å². The van der Waals surface area contributed by atoms with Gasteiger partial charge in [-0.1, -0.05) is 0 Å². The minimum Gasteiger partial charge on any atom is -0.482 e. The van der Waals surface area contributed by atoms with Gasteiger partial charge in [0.1, 0.15) is 11.6 Å². The Morgan fingerprint density at radius 1 is 1.00 bits per heavy atom. The van der Waals surface area contributed by atoms with E-state index in [1.54, 1.807) is 18.2 Å². The molecule has 142 valence electrons. The highest BCUT2D eigenvalue weighted by atomic mass is 32.2. The molecule has 1 fully saturated rings. The van der Waals surface area contributed by atoms with Gasteiger partial charge in [0.15, 0.2) is 6.61 Å². The van der Waals surface area contributed by atoms with Crippen molar-refractivity contribution in [3.8, 4) is 5.75 Å². The topological polar surface area (TPSA) is 79.0 Å². The summed E-state index contributed by atoms with van der Waals surface area (Å²) < 4.78 is 45.6. The van der Waals surface area contributed by atoms with E-state index in [1.807, 2.05) is 4.90 Å². The fourth-order valence-electron chi connectivity index (χ4n) is 3.21. The molecule has 2 heterocycles. The summed E-state index contributed by atoms with van der Waals surface area (Å²) in [6.07, 6.45) is 0. The molecule has 27 heavy (non-hydrogen) atoms. The van der Waals surface area contributed by atoms with E-state index in [0.717, 1.165) is 5.69 Å². The molecule has 0 spiro atoms. The van der Waals surface area contributed by atoms with Crippen LogP contribution in [0, 0.1) is 5.82 Å². The molecule has 0 aromatic heterocycles. The molecule has 4 rings (SSSR count). The molecule has 1 amide bonds. The van der Waals surface area contributed by atoms with E-state index in [1.165, 1.54) is 28.6 Å². The highest BCUT2D eigenvalue weighted by Gasteiger charge is 2.30. The van der Waals surface area contributed by atoms with E-state index < -0.39 is 10.0 Å². The molecule has 0 bridgehead atoms. The van der Waals surface area contributed by atoms with Gasteiger partial charge < -0.3 is 15.0 Å². The number of sulfonamides is 1. The number of nitrogens with one attached hydrogen (secondary N) is 1. The Kier molecular flexibility index (Phi) is 4.48. The zero-order valence-corrected chi connectivity index (χ0v) is 15.2. The zero-order valence-electron chi connectivity index (χ0n) is 14.4. The molecule has 2 aliphatic heterocycles. The van der Waals surface area contributed by atoms with Crippen LogP contribution in [0.2, 0.25) is 0 Å². The third-order valence-corrected chi connectivity index (χ3v) is 6.55. The number of hydrogen-bond donors (Lipinski definition) is 1. The summed E-state index contributed by atoms with van der Waals surface area (Å²) in [4.78, 5) is 13.6. The van der Waals surface area contributed by atoms with Crippen LogP contribution in [0.1, 0.15) is 0 Å². The molecule has 9 heteroatoms. The summed E-state index contributed by atoms with van der Waals surface area (Å²) in [5.74, 6) is -0.164. The van der Waals surface area contributed by atoms with Crippen LogP contribution in [-0.4, -0.2) is 51.4 Å². The van der Waals surface area contributed by atoms with Gasteiger partial charge in [0.25, 0.3) is 5.91 Å². The first kappa shape index (κ1) is 17.7. The number of ether oxygens (including phenoxy) is 1. The Hall–Kier alpha value is -2.65. The van der Waals surface area contributed by atoms with Crippen molar-refractivity contribution < 1.29 is 22.3 Å². The fourth-order valence-corrected chi connectivity index (χ4v) is 4.66. The van der Waals surface area contributed by atoms with Gasteiger partial charge in [-0.25, -0.2) is 12.8 Å². The standard InChI is InChI=1S/C18H18FN3O4S/c19-13-1-3-14(4-2-13)21-7-9-22(10-8-21)27(24,25)15-5-6-17-16(11-15)20-18(23)12-26-17/h1-6,11H,7-10,12H2,(H,20,23). The lowest BCUT2D eigenvalue weighted by Gasteiger charge is -2.35. The smallest absolute Gasteiger partial charge is 0.262 e. The van der Waals surface area contributed by atoms with Gasteiger partial charge in [0, 0.05) is 31.9 Å². The van der Waals surface area contributed by atoms with E-state index in [4.69, 9.17) is 4.74 Å². The van der Waals surface area contributed by atoms with E-state index in [2.05, 4.69) is 5.32 Å². The van der Waals surface area contributed by atoms with Crippen LogP contribution in [0.4, 0.5) is 15.8 Å². The first-order valence-corrected chi connectivity index (χ1v) is 9.95. The molecule has 7 nitrogen and oxygen atoms in total. The van der Waals surface area contributed by atoms with E-state index in [9.17, 15) is 17.6 Å². The van der Waals surface area contributed by atoms with Crippen LogP contribution >= 0.6 is 0 Å². The van der Waals surface area contributed by atoms with Crippen molar-refractivity contribution >= 4 is 27.3 Å². The molecule has 0 atom stereocenters. The first-order chi connectivity index (χ1) is 12.9. The average Bonchev–Trinajstić information content (AvgIpc) is 2.68. The van der Waals surface area contributed by atoms with Crippen molar-refractivity contribution in [3.63, 3.8) is 0 Å². The maximum absolute atomic E-state index is 13.1. The van der Waals surface area contributed by atoms with Crippen LogP contribution in [-0.2, 0) is 14.8 Å². The second kappa shape index (κ2) is 6.82. The molecule has 0 aliphatic carbocycles. The van der Waals surface area contributed by atoms with Gasteiger partial charge in [0.2, 0.25) is 10.0 Å². The maximum atomic E-state index is 13.1. The maximum Gasteiger partial charge on any atom is 0.262 e. The summed E-state index contributed by atoms with van der Waals surface area (Å²) in [6, 6.07) is 10.6. The Morgan fingerprint density at radius 2 is 1.70 bits per heavy atom. The summed E-state index contributed by atoms with van der Waals surface area (Å²) in [5.41, 5.74) is 1.22. The van der Waals surface area contributed by atoms with Crippen molar-refractivity contribution in [2.24, 2.45) is 0 Å². The molecule has 0 unspecified atom stereocenters. The fraction of sp³-hybridized carbons (Fsp3) is 0.278. The number of amides is 1. The lowest BCUT2D eigenvalue weighted by Crippen LogP contribution is -2.48. The molecule has 2 aliphatic rings. The van der Waals surface area contributed by atoms with Crippen molar-refractivity contribution in [1.29, 1.82) is 0 Å². The van der Waals surface area contributed by atoms with Gasteiger partial charge in [-0.2, -0.15) is 4.31 Å². The quantitative estimate of drug-likeness (QED) is 0.861. The highest BCUT2D eigenvalue weighted by Crippen LogP contribution is 2.31. The summed E-state index contributed by atoms with van der Waals surface area (Å²) in [7, 11) is -3.69. The van der Waals surface area contributed by atoms with Crippen molar-refractivity contribution in [1.82, 2.24) is 4.31 Å². The molecule has 2 aromatic carbocycles. The monoisotopic (exact) mass is 391 g/mol. The van der Waals surface area contributed by atoms with E-state index in [0.29, 0.717) is 37.6 Å². The van der Waals surface area contributed by atoms with Gasteiger partial charge in [0.05, 0.1) is 10.6 Å². The van der Waals surface area contributed by atoms with Crippen molar-refractivity contribution in [3.05, 3.63) is 48.3 Å². The molecule has 1 N–H and O–H groups in total. The van der Waals surface area contributed by atoms with Crippen molar-refractivity contribution in [2.75, 3.05) is 43.0 Å². The van der Waals surface area contributed by atoms with Crippen LogP contribution in [0.3, 0.4) is 0 Å². The number of benzene rings is 2. The summed E-state index contributed by atoms with van der Waals surface area (Å²) >= 11 is 0. The SMILES string of the molecule is O=C1COc2ccc(S(=O)(=O)N3CCN(c4ccc(F)cc4)CC3)cc2N1. The molecule has 0 saturated carbocycles. The van der Waals surface area contributed by atoms with Gasteiger partial charge >= 0.3 is 0 Å². The molecule has 1 saturated heterocycles. The lowest BCUT2D eigenvalue weighted by atomic mass is 10.2. The number of fused-ring (bicyclic) bond motifs is 1.